The fourth-order valence-electron chi connectivity index (χ4n) is 2.11. The molecule has 15 heavy (non-hydrogen) atoms. The van der Waals surface area contributed by atoms with E-state index in [0.29, 0.717) is 5.75 Å². The van der Waals surface area contributed by atoms with E-state index in [4.69, 9.17) is 5.73 Å². The van der Waals surface area contributed by atoms with E-state index in [1.54, 1.807) is 6.26 Å². The summed E-state index contributed by atoms with van der Waals surface area (Å²) in [5.41, 5.74) is 10.9. The maximum atomic E-state index is 11.1. The minimum Gasteiger partial charge on any atom is -0.323 e. The van der Waals surface area contributed by atoms with Gasteiger partial charge < -0.3 is 5.73 Å². The highest BCUT2D eigenvalue weighted by Gasteiger charge is 2.13. The topological polar surface area (TPSA) is 43.1 Å². The van der Waals surface area contributed by atoms with Gasteiger partial charge >= 0.3 is 0 Å². The van der Waals surface area contributed by atoms with Crippen LogP contribution in [-0.2, 0) is 10.8 Å². The molecular weight excluding hydrogens is 206 g/mol. The minimum absolute atomic E-state index is 0.114. The first kappa shape index (κ1) is 12.4. The highest BCUT2D eigenvalue weighted by atomic mass is 32.2. The molecule has 0 spiro atoms. The molecular formula is C12H19NOS. The lowest BCUT2D eigenvalue weighted by atomic mass is 9.95. The van der Waals surface area contributed by atoms with Gasteiger partial charge in [0.25, 0.3) is 0 Å². The number of hydrogen-bond donors (Lipinski definition) is 1. The summed E-state index contributed by atoms with van der Waals surface area (Å²) in [6.07, 6.45) is 1.69. The van der Waals surface area contributed by atoms with Crippen LogP contribution in [0.15, 0.2) is 12.1 Å². The zero-order valence-corrected chi connectivity index (χ0v) is 10.6. The largest absolute Gasteiger partial charge is 0.323 e. The van der Waals surface area contributed by atoms with Gasteiger partial charge in [-0.3, -0.25) is 4.21 Å². The van der Waals surface area contributed by atoms with Crippen molar-refractivity contribution in [2.45, 2.75) is 26.8 Å². The molecule has 84 valence electrons. The minimum atomic E-state index is -0.843. The van der Waals surface area contributed by atoms with E-state index in [-0.39, 0.29) is 6.04 Å². The quantitative estimate of drug-likeness (QED) is 0.855. The summed E-state index contributed by atoms with van der Waals surface area (Å²) in [6.45, 7) is 6.20. The van der Waals surface area contributed by atoms with Crippen molar-refractivity contribution in [1.82, 2.24) is 0 Å². The Balaban J connectivity index is 3.08. The Kier molecular flexibility index (Phi) is 4.05. The van der Waals surface area contributed by atoms with Crippen molar-refractivity contribution in [2.75, 3.05) is 12.0 Å². The average Bonchev–Trinajstić information content (AvgIpc) is 1.99. The first-order valence-corrected chi connectivity index (χ1v) is 6.78. The van der Waals surface area contributed by atoms with Crippen LogP contribution in [0.4, 0.5) is 0 Å². The first-order chi connectivity index (χ1) is 6.91. The molecule has 0 saturated heterocycles. The van der Waals surface area contributed by atoms with E-state index in [0.717, 1.165) is 5.56 Å². The first-order valence-electron chi connectivity index (χ1n) is 5.05. The van der Waals surface area contributed by atoms with Crippen LogP contribution in [0.1, 0.15) is 28.3 Å². The Morgan fingerprint density at radius 1 is 1.27 bits per heavy atom. The fourth-order valence-corrected chi connectivity index (χ4v) is 2.78. The molecule has 2 N–H and O–H groups in total. The molecule has 0 aromatic heterocycles. The predicted molar refractivity (Wildman–Crippen MR) is 66.5 cm³/mol. The third-order valence-corrected chi connectivity index (χ3v) is 3.35. The summed E-state index contributed by atoms with van der Waals surface area (Å²) in [5, 5.41) is 0. The maximum Gasteiger partial charge on any atom is 0.0425 e. The Labute approximate surface area is 94.3 Å². The molecule has 2 unspecified atom stereocenters. The Morgan fingerprint density at radius 2 is 1.73 bits per heavy atom. The van der Waals surface area contributed by atoms with Crippen LogP contribution >= 0.6 is 0 Å². The summed E-state index contributed by atoms with van der Waals surface area (Å²) in [5.74, 6) is 0.532. The van der Waals surface area contributed by atoms with Gasteiger partial charge in [-0.25, -0.2) is 0 Å². The third-order valence-electron chi connectivity index (χ3n) is 2.52. The van der Waals surface area contributed by atoms with E-state index in [9.17, 15) is 4.21 Å². The molecule has 2 nitrogen and oxygen atoms in total. The molecule has 0 aliphatic heterocycles. The summed E-state index contributed by atoms with van der Waals surface area (Å²) < 4.78 is 11.1. The zero-order valence-electron chi connectivity index (χ0n) is 9.83. The van der Waals surface area contributed by atoms with Gasteiger partial charge in [0.05, 0.1) is 0 Å². The summed E-state index contributed by atoms with van der Waals surface area (Å²) in [4.78, 5) is 0. The van der Waals surface area contributed by atoms with Crippen molar-refractivity contribution in [3.05, 3.63) is 34.4 Å². The maximum absolute atomic E-state index is 11.1. The van der Waals surface area contributed by atoms with Crippen molar-refractivity contribution in [1.29, 1.82) is 0 Å². The number of hydrogen-bond acceptors (Lipinski definition) is 2. The van der Waals surface area contributed by atoms with Gasteiger partial charge in [0.1, 0.15) is 0 Å². The van der Waals surface area contributed by atoms with E-state index in [1.807, 2.05) is 0 Å². The van der Waals surface area contributed by atoms with Crippen LogP contribution in [0.2, 0.25) is 0 Å². The van der Waals surface area contributed by atoms with Gasteiger partial charge in [-0.2, -0.15) is 0 Å². The van der Waals surface area contributed by atoms with Crippen LogP contribution in [0.25, 0.3) is 0 Å². The molecule has 0 radical (unpaired) electrons. The summed E-state index contributed by atoms with van der Waals surface area (Å²) in [6, 6.07) is 4.14. The molecule has 0 heterocycles. The summed E-state index contributed by atoms with van der Waals surface area (Å²) in [7, 11) is -0.843. The third kappa shape index (κ3) is 3.14. The molecule has 0 bridgehead atoms. The standard InChI is InChI=1S/C12H19NOS/c1-8-5-9(2)12(10(3)6-8)11(13)7-15(4)14/h5-6,11H,7,13H2,1-4H3. The van der Waals surface area contributed by atoms with E-state index >= 15 is 0 Å². The highest BCUT2D eigenvalue weighted by Crippen LogP contribution is 2.22. The van der Waals surface area contributed by atoms with E-state index in [2.05, 4.69) is 32.9 Å². The second-order valence-corrected chi connectivity index (χ2v) is 5.64. The number of aryl methyl sites for hydroxylation is 3. The smallest absolute Gasteiger partial charge is 0.0425 e. The predicted octanol–water partition coefficient (Wildman–Crippen LogP) is 1.99. The molecule has 0 aliphatic carbocycles. The summed E-state index contributed by atoms with van der Waals surface area (Å²) >= 11 is 0. The van der Waals surface area contributed by atoms with Crippen molar-refractivity contribution >= 4 is 10.8 Å². The molecule has 3 heteroatoms. The van der Waals surface area contributed by atoms with Gasteiger partial charge in [0, 0.05) is 28.9 Å². The van der Waals surface area contributed by atoms with Crippen LogP contribution in [0.3, 0.4) is 0 Å². The molecule has 0 aliphatic rings. The molecule has 2 atom stereocenters. The lowest BCUT2D eigenvalue weighted by Gasteiger charge is -2.17. The molecule has 1 aromatic carbocycles. The van der Waals surface area contributed by atoms with Gasteiger partial charge in [0.2, 0.25) is 0 Å². The Bertz CT molecular complexity index is 364. The lowest BCUT2D eigenvalue weighted by Crippen LogP contribution is -2.20. The monoisotopic (exact) mass is 225 g/mol. The number of rotatable bonds is 3. The van der Waals surface area contributed by atoms with Crippen molar-refractivity contribution < 1.29 is 4.21 Å². The number of benzene rings is 1. The zero-order chi connectivity index (χ0) is 11.6. The van der Waals surface area contributed by atoms with E-state index in [1.165, 1.54) is 16.7 Å². The Hall–Kier alpha value is -0.670. The molecule has 0 saturated carbocycles. The second-order valence-electron chi connectivity index (χ2n) is 4.16. The highest BCUT2D eigenvalue weighted by molar-refractivity contribution is 7.84. The van der Waals surface area contributed by atoms with Crippen molar-refractivity contribution in [2.24, 2.45) is 5.73 Å². The molecule has 1 aromatic rings. The van der Waals surface area contributed by atoms with Crippen molar-refractivity contribution in [3.63, 3.8) is 0 Å². The van der Waals surface area contributed by atoms with Crippen LogP contribution in [-0.4, -0.2) is 16.2 Å². The van der Waals surface area contributed by atoms with E-state index < -0.39 is 10.8 Å². The molecule has 1 rings (SSSR count). The molecule has 0 fully saturated rings. The molecule has 0 amide bonds. The van der Waals surface area contributed by atoms with Crippen molar-refractivity contribution in [3.8, 4) is 0 Å². The number of nitrogens with two attached hydrogens (primary N) is 1. The van der Waals surface area contributed by atoms with Gasteiger partial charge in [-0.15, -0.1) is 0 Å². The fraction of sp³-hybridized carbons (Fsp3) is 0.500. The van der Waals surface area contributed by atoms with Gasteiger partial charge in [0.15, 0.2) is 0 Å². The van der Waals surface area contributed by atoms with Crippen LogP contribution in [0.5, 0.6) is 0 Å². The van der Waals surface area contributed by atoms with Gasteiger partial charge in [-0.05, 0) is 37.5 Å². The van der Waals surface area contributed by atoms with Crippen LogP contribution < -0.4 is 5.73 Å². The normalized spacial score (nSPS) is 15.0. The van der Waals surface area contributed by atoms with Gasteiger partial charge in [-0.1, -0.05) is 17.7 Å². The lowest BCUT2D eigenvalue weighted by molar-refractivity contribution is 0.678. The second kappa shape index (κ2) is 4.90. The Morgan fingerprint density at radius 3 is 2.13 bits per heavy atom. The SMILES string of the molecule is Cc1cc(C)c(C(N)CS(C)=O)c(C)c1. The average molecular weight is 225 g/mol. The van der Waals surface area contributed by atoms with Crippen LogP contribution in [0, 0.1) is 20.8 Å².